The van der Waals surface area contributed by atoms with E-state index in [1.165, 1.54) is 17.7 Å². The highest BCUT2D eigenvalue weighted by atomic mass is 19.1. The van der Waals surface area contributed by atoms with Gasteiger partial charge in [-0.05, 0) is 79.3 Å². The van der Waals surface area contributed by atoms with Crippen LogP contribution in [0.4, 0.5) is 4.39 Å². The molecule has 0 aliphatic heterocycles. The van der Waals surface area contributed by atoms with Gasteiger partial charge in [0.15, 0.2) is 5.78 Å². The Bertz CT molecular complexity index is 884. The summed E-state index contributed by atoms with van der Waals surface area (Å²) in [6, 6.07) is 10.9. The number of ketones is 1. The van der Waals surface area contributed by atoms with Crippen molar-refractivity contribution in [2.75, 3.05) is 0 Å². The molecule has 0 amide bonds. The number of aliphatic hydroxyl groups excluding tert-OH is 1. The molecule has 0 bridgehead atoms. The average molecular weight is 395 g/mol. The first-order valence-corrected chi connectivity index (χ1v) is 10.7. The Morgan fingerprint density at radius 2 is 1.66 bits per heavy atom. The van der Waals surface area contributed by atoms with Crippen LogP contribution in [0.15, 0.2) is 42.2 Å². The maximum absolute atomic E-state index is 13.0. The molecule has 0 fully saturated rings. The fourth-order valence-corrected chi connectivity index (χ4v) is 4.53. The van der Waals surface area contributed by atoms with Gasteiger partial charge < -0.3 is 5.11 Å². The molecular weight excluding hydrogens is 363 g/mol. The maximum Gasteiger partial charge on any atom is 0.167 e. The first kappa shape index (κ1) is 21.3. The lowest BCUT2D eigenvalue weighted by Crippen LogP contribution is -2.20. The summed E-state index contributed by atoms with van der Waals surface area (Å²) in [7, 11) is 0. The number of benzene rings is 2. The van der Waals surface area contributed by atoms with Gasteiger partial charge in [-0.3, -0.25) is 4.79 Å². The number of carbonyl (C=O) groups is 1. The van der Waals surface area contributed by atoms with E-state index >= 15 is 0 Å². The predicted molar refractivity (Wildman–Crippen MR) is 117 cm³/mol. The molecule has 1 aliphatic rings. The van der Waals surface area contributed by atoms with E-state index in [4.69, 9.17) is 0 Å². The molecule has 2 nitrogen and oxygen atoms in total. The Hall–Kier alpha value is -2.42. The molecule has 1 N–H and O–H groups in total. The smallest absolute Gasteiger partial charge is 0.167 e. The molecule has 0 heterocycles. The third-order valence-corrected chi connectivity index (χ3v) is 5.97. The standard InChI is InChI=1S/C26H31FO2/c1-4-20-13-17(3)14-21(5-2)25(20)26-23(28)15-19(16-24(26)29)8-6-7-18-9-11-22(27)12-10-18/h9-14,19,28H,4-8,15-16H2,1-3H3. The van der Waals surface area contributed by atoms with Crippen LogP contribution in [0.2, 0.25) is 0 Å². The van der Waals surface area contributed by atoms with Crippen molar-refractivity contribution in [3.63, 3.8) is 0 Å². The summed E-state index contributed by atoms with van der Waals surface area (Å²) in [6.07, 6.45) is 5.41. The summed E-state index contributed by atoms with van der Waals surface area (Å²) in [5, 5.41) is 10.8. The predicted octanol–water partition coefficient (Wildman–Crippen LogP) is 6.53. The minimum Gasteiger partial charge on any atom is -0.512 e. The van der Waals surface area contributed by atoms with Gasteiger partial charge in [-0.1, -0.05) is 43.7 Å². The Morgan fingerprint density at radius 3 is 2.21 bits per heavy atom. The molecule has 1 atom stereocenters. The lowest BCUT2D eigenvalue weighted by molar-refractivity contribution is -0.115. The fourth-order valence-electron chi connectivity index (χ4n) is 4.53. The SMILES string of the molecule is CCc1cc(C)cc(CC)c1C1=C(O)CC(CCCc2ccc(F)cc2)CC1=O. The van der Waals surface area contributed by atoms with Gasteiger partial charge in [-0.25, -0.2) is 4.39 Å². The van der Waals surface area contributed by atoms with E-state index in [-0.39, 0.29) is 23.3 Å². The van der Waals surface area contributed by atoms with Crippen molar-refractivity contribution in [1.29, 1.82) is 0 Å². The highest BCUT2D eigenvalue weighted by Crippen LogP contribution is 2.37. The van der Waals surface area contributed by atoms with E-state index < -0.39 is 0 Å². The van der Waals surface area contributed by atoms with E-state index in [0.717, 1.165) is 54.4 Å². The monoisotopic (exact) mass is 394 g/mol. The average Bonchev–Trinajstić information content (AvgIpc) is 2.69. The second-order valence-corrected chi connectivity index (χ2v) is 8.20. The molecule has 29 heavy (non-hydrogen) atoms. The summed E-state index contributed by atoms with van der Waals surface area (Å²) < 4.78 is 13.0. The Balaban J connectivity index is 1.75. The fraction of sp³-hybridized carbons (Fsp3) is 0.423. The second-order valence-electron chi connectivity index (χ2n) is 8.20. The Labute approximate surface area is 173 Å². The van der Waals surface area contributed by atoms with Crippen molar-refractivity contribution in [3.8, 4) is 0 Å². The number of halogens is 1. The van der Waals surface area contributed by atoms with Crippen LogP contribution in [0.3, 0.4) is 0 Å². The Morgan fingerprint density at radius 1 is 1.03 bits per heavy atom. The van der Waals surface area contributed by atoms with Crippen molar-refractivity contribution in [2.45, 2.75) is 65.7 Å². The van der Waals surface area contributed by atoms with Crippen LogP contribution in [0.1, 0.15) is 67.3 Å². The van der Waals surface area contributed by atoms with Crippen LogP contribution >= 0.6 is 0 Å². The van der Waals surface area contributed by atoms with Gasteiger partial charge >= 0.3 is 0 Å². The van der Waals surface area contributed by atoms with E-state index in [0.29, 0.717) is 18.4 Å². The van der Waals surface area contributed by atoms with Crippen LogP contribution in [-0.4, -0.2) is 10.9 Å². The number of hydrogen-bond donors (Lipinski definition) is 1. The summed E-state index contributed by atoms with van der Waals surface area (Å²) in [6.45, 7) is 6.28. The third-order valence-electron chi connectivity index (χ3n) is 5.97. The highest BCUT2D eigenvalue weighted by Gasteiger charge is 2.30. The molecule has 1 unspecified atom stereocenters. The molecule has 2 aromatic carbocycles. The maximum atomic E-state index is 13.0. The molecule has 154 valence electrons. The Kier molecular flexibility index (Phi) is 6.89. The summed E-state index contributed by atoms with van der Waals surface area (Å²) in [5.74, 6) is 0.269. The van der Waals surface area contributed by atoms with Crippen molar-refractivity contribution in [3.05, 3.63) is 75.8 Å². The van der Waals surface area contributed by atoms with Gasteiger partial charge in [0.05, 0.1) is 5.57 Å². The van der Waals surface area contributed by atoms with Crippen LogP contribution in [0.25, 0.3) is 5.57 Å². The van der Waals surface area contributed by atoms with Crippen molar-refractivity contribution in [1.82, 2.24) is 0 Å². The molecule has 0 saturated carbocycles. The molecule has 0 spiro atoms. The number of aryl methyl sites for hydroxylation is 4. The number of Topliss-reactive ketones (excluding diaryl/α,β-unsaturated/α-hetero) is 1. The van der Waals surface area contributed by atoms with E-state index in [1.807, 2.05) is 12.1 Å². The van der Waals surface area contributed by atoms with Crippen LogP contribution in [0, 0.1) is 18.7 Å². The number of allylic oxidation sites excluding steroid dienone is 2. The number of carbonyl (C=O) groups excluding carboxylic acids is 1. The zero-order valence-corrected chi connectivity index (χ0v) is 17.7. The highest BCUT2D eigenvalue weighted by molar-refractivity contribution is 6.22. The molecule has 3 heteroatoms. The molecule has 1 aliphatic carbocycles. The number of hydrogen-bond acceptors (Lipinski definition) is 2. The summed E-state index contributed by atoms with van der Waals surface area (Å²) in [4.78, 5) is 13.0. The minimum atomic E-state index is -0.219. The first-order valence-electron chi connectivity index (χ1n) is 10.7. The van der Waals surface area contributed by atoms with Gasteiger partial charge in [0, 0.05) is 12.8 Å². The van der Waals surface area contributed by atoms with E-state index in [1.54, 1.807) is 0 Å². The molecule has 0 saturated heterocycles. The topological polar surface area (TPSA) is 37.3 Å². The van der Waals surface area contributed by atoms with Gasteiger partial charge in [0.25, 0.3) is 0 Å². The van der Waals surface area contributed by atoms with Crippen molar-refractivity contribution < 1.29 is 14.3 Å². The zero-order chi connectivity index (χ0) is 21.0. The van der Waals surface area contributed by atoms with E-state index in [9.17, 15) is 14.3 Å². The largest absolute Gasteiger partial charge is 0.512 e. The molecule has 3 rings (SSSR count). The zero-order valence-electron chi connectivity index (χ0n) is 17.7. The molecule has 2 aromatic rings. The second kappa shape index (κ2) is 9.39. The van der Waals surface area contributed by atoms with Gasteiger partial charge in [-0.2, -0.15) is 0 Å². The van der Waals surface area contributed by atoms with Crippen molar-refractivity contribution in [2.24, 2.45) is 5.92 Å². The normalized spacial score (nSPS) is 17.1. The number of aliphatic hydroxyl groups is 1. The van der Waals surface area contributed by atoms with Crippen LogP contribution < -0.4 is 0 Å². The van der Waals surface area contributed by atoms with Gasteiger partial charge in [0.2, 0.25) is 0 Å². The first-order chi connectivity index (χ1) is 13.9. The van der Waals surface area contributed by atoms with Crippen LogP contribution in [-0.2, 0) is 24.1 Å². The lowest BCUT2D eigenvalue weighted by Gasteiger charge is -2.26. The molecule has 0 aromatic heterocycles. The van der Waals surface area contributed by atoms with Crippen molar-refractivity contribution >= 4 is 11.4 Å². The van der Waals surface area contributed by atoms with Gasteiger partial charge in [-0.15, -0.1) is 0 Å². The van der Waals surface area contributed by atoms with E-state index in [2.05, 4.69) is 32.9 Å². The number of rotatable bonds is 7. The van der Waals surface area contributed by atoms with Gasteiger partial charge in [0.1, 0.15) is 11.6 Å². The summed E-state index contributed by atoms with van der Waals surface area (Å²) >= 11 is 0. The molecular formula is C26H31FO2. The quantitative estimate of drug-likeness (QED) is 0.580. The minimum absolute atomic E-state index is 0.0637. The lowest BCUT2D eigenvalue weighted by atomic mass is 9.78. The van der Waals surface area contributed by atoms with Crippen LogP contribution in [0.5, 0.6) is 0 Å². The third kappa shape index (κ3) is 4.95. The molecule has 0 radical (unpaired) electrons. The summed E-state index contributed by atoms with van der Waals surface area (Å²) in [5.41, 5.74) is 6.11.